The van der Waals surface area contributed by atoms with E-state index in [0.29, 0.717) is 29.7 Å². The van der Waals surface area contributed by atoms with E-state index in [9.17, 15) is 9.90 Å². The monoisotopic (exact) mass is 347 g/mol. The van der Waals surface area contributed by atoms with Crippen LogP contribution in [0.5, 0.6) is 0 Å². The Balaban J connectivity index is 1.53. The summed E-state index contributed by atoms with van der Waals surface area (Å²) >= 11 is 6.24. The van der Waals surface area contributed by atoms with Crippen molar-refractivity contribution in [2.75, 3.05) is 6.54 Å². The molecule has 126 valence electrons. The number of amides is 1. The number of carbonyl (C=O) groups is 1. The molecule has 6 nitrogen and oxygen atoms in total. The summed E-state index contributed by atoms with van der Waals surface area (Å²) in [6.07, 6.45) is 0.644. The minimum Gasteiger partial charge on any atom is -0.391 e. The Kier molecular flexibility index (Phi) is 3.81. The average Bonchev–Trinajstić information content (AvgIpc) is 3.07. The number of hydrogen-bond acceptors (Lipinski definition) is 5. The Morgan fingerprint density at radius 2 is 2.17 bits per heavy atom. The maximum atomic E-state index is 12.9. The molecule has 24 heavy (non-hydrogen) atoms. The first-order valence-corrected chi connectivity index (χ1v) is 8.45. The molecule has 1 amide bonds. The Bertz CT molecular complexity index is 778. The molecule has 4 atom stereocenters. The summed E-state index contributed by atoms with van der Waals surface area (Å²) in [6, 6.07) is 7.29. The van der Waals surface area contributed by atoms with Crippen LogP contribution < -0.4 is 0 Å². The van der Waals surface area contributed by atoms with Gasteiger partial charge in [-0.05, 0) is 30.9 Å². The minimum absolute atomic E-state index is 0.0253. The third-order valence-electron chi connectivity index (χ3n) is 4.80. The van der Waals surface area contributed by atoms with Crippen molar-refractivity contribution >= 4 is 17.5 Å². The lowest BCUT2D eigenvalue weighted by atomic mass is 10.1. The number of benzene rings is 1. The van der Waals surface area contributed by atoms with Crippen LogP contribution in [0.15, 0.2) is 28.8 Å². The number of aryl methyl sites for hydroxylation is 1. The predicted molar refractivity (Wildman–Crippen MR) is 86.4 cm³/mol. The fourth-order valence-electron chi connectivity index (χ4n) is 3.54. The van der Waals surface area contributed by atoms with Gasteiger partial charge in [-0.3, -0.25) is 4.79 Å². The van der Waals surface area contributed by atoms with Gasteiger partial charge in [-0.2, -0.15) is 4.98 Å². The van der Waals surface area contributed by atoms with E-state index in [1.54, 1.807) is 11.8 Å². The highest BCUT2D eigenvalue weighted by molar-refractivity contribution is 6.31. The summed E-state index contributed by atoms with van der Waals surface area (Å²) in [5.74, 6) is 1.000. The van der Waals surface area contributed by atoms with Gasteiger partial charge in [0.1, 0.15) is 6.04 Å². The lowest BCUT2D eigenvalue weighted by Crippen LogP contribution is -2.33. The fourth-order valence-corrected chi connectivity index (χ4v) is 3.82. The number of likely N-dealkylation sites (tertiary alicyclic amines) is 1. The van der Waals surface area contributed by atoms with Gasteiger partial charge >= 0.3 is 0 Å². The molecule has 0 spiro atoms. The second kappa shape index (κ2) is 5.86. The molecular formula is C17H18ClN3O3. The van der Waals surface area contributed by atoms with Gasteiger partial charge in [0.25, 0.3) is 0 Å². The fraction of sp³-hybridized carbons (Fsp3) is 0.471. The predicted octanol–water partition coefficient (Wildman–Crippen LogP) is 2.47. The van der Waals surface area contributed by atoms with Gasteiger partial charge < -0.3 is 14.5 Å². The largest absolute Gasteiger partial charge is 0.391 e. The Hall–Kier alpha value is -1.92. The van der Waals surface area contributed by atoms with E-state index >= 15 is 0 Å². The number of hydrogen-bond donors (Lipinski definition) is 1. The maximum absolute atomic E-state index is 12.9. The van der Waals surface area contributed by atoms with Crippen LogP contribution in [0.4, 0.5) is 0 Å². The SMILES string of the molecule is Cc1noc([C@H]2C[C@H](O)CN2C(=O)C2CC2c2ccccc2Cl)n1. The molecule has 2 unspecified atom stereocenters. The van der Waals surface area contributed by atoms with Gasteiger partial charge in [-0.25, -0.2) is 0 Å². The number of halogens is 1. The van der Waals surface area contributed by atoms with E-state index in [1.165, 1.54) is 0 Å². The highest BCUT2D eigenvalue weighted by Crippen LogP contribution is 2.51. The van der Waals surface area contributed by atoms with E-state index in [0.717, 1.165) is 12.0 Å². The highest BCUT2D eigenvalue weighted by atomic mass is 35.5. The van der Waals surface area contributed by atoms with Crippen molar-refractivity contribution < 1.29 is 14.4 Å². The standard InChI is InChI=1S/C17H18ClN3O3/c1-9-19-16(24-20-9)15-6-10(22)8-21(15)17(23)13-7-12(13)11-4-2-3-5-14(11)18/h2-5,10,12-13,15,22H,6-8H2,1H3/t10-,12?,13?,15+/m0/s1. The third-order valence-corrected chi connectivity index (χ3v) is 5.15. The molecule has 2 aliphatic rings. The number of carbonyl (C=O) groups excluding carboxylic acids is 1. The smallest absolute Gasteiger partial charge is 0.249 e. The molecule has 1 aromatic heterocycles. The summed E-state index contributed by atoms with van der Waals surface area (Å²) in [4.78, 5) is 18.8. The molecule has 4 rings (SSSR count). The van der Waals surface area contributed by atoms with Crippen LogP contribution in [0, 0.1) is 12.8 Å². The van der Waals surface area contributed by atoms with Gasteiger partial charge in [0.15, 0.2) is 5.82 Å². The normalized spacial score (nSPS) is 29.0. The summed E-state index contributed by atoms with van der Waals surface area (Å²) in [7, 11) is 0. The molecule has 7 heteroatoms. The summed E-state index contributed by atoms with van der Waals surface area (Å²) in [5.41, 5.74) is 1.02. The number of rotatable bonds is 3. The molecule has 0 radical (unpaired) electrons. The molecule has 1 aromatic carbocycles. The summed E-state index contributed by atoms with van der Waals surface area (Å²) in [6.45, 7) is 2.04. The summed E-state index contributed by atoms with van der Waals surface area (Å²) in [5, 5.41) is 14.5. The zero-order chi connectivity index (χ0) is 16.8. The number of nitrogens with zero attached hydrogens (tertiary/aromatic N) is 3. The summed E-state index contributed by atoms with van der Waals surface area (Å²) < 4.78 is 5.22. The van der Waals surface area contributed by atoms with E-state index in [4.69, 9.17) is 16.1 Å². The molecule has 1 aliphatic heterocycles. The van der Waals surface area contributed by atoms with Crippen molar-refractivity contribution in [1.29, 1.82) is 0 Å². The van der Waals surface area contributed by atoms with Crippen molar-refractivity contribution in [2.24, 2.45) is 5.92 Å². The van der Waals surface area contributed by atoms with Gasteiger partial charge in [-0.15, -0.1) is 0 Å². The highest BCUT2D eigenvalue weighted by Gasteiger charge is 2.50. The van der Waals surface area contributed by atoms with E-state index < -0.39 is 6.10 Å². The average molecular weight is 348 g/mol. The number of aliphatic hydroxyl groups is 1. The van der Waals surface area contributed by atoms with Crippen LogP contribution in [0.3, 0.4) is 0 Å². The topological polar surface area (TPSA) is 79.5 Å². The second-order valence-electron chi connectivity index (χ2n) is 6.55. The van der Waals surface area contributed by atoms with Crippen molar-refractivity contribution in [3.8, 4) is 0 Å². The lowest BCUT2D eigenvalue weighted by Gasteiger charge is -2.21. The van der Waals surface area contributed by atoms with Crippen molar-refractivity contribution in [2.45, 2.75) is 37.8 Å². The molecule has 0 bridgehead atoms. The molecule has 2 fully saturated rings. The zero-order valence-corrected chi connectivity index (χ0v) is 14.0. The number of aliphatic hydroxyl groups excluding tert-OH is 1. The zero-order valence-electron chi connectivity index (χ0n) is 13.2. The molecule has 1 saturated carbocycles. The van der Waals surface area contributed by atoms with Gasteiger partial charge in [0, 0.05) is 23.9 Å². The lowest BCUT2D eigenvalue weighted by molar-refractivity contribution is -0.134. The van der Waals surface area contributed by atoms with Crippen molar-refractivity contribution in [3.05, 3.63) is 46.6 Å². The minimum atomic E-state index is -0.566. The van der Waals surface area contributed by atoms with Crippen LogP contribution in [0.25, 0.3) is 0 Å². The molecule has 1 N–H and O–H groups in total. The third kappa shape index (κ3) is 2.70. The molecular weight excluding hydrogens is 330 g/mol. The Morgan fingerprint density at radius 3 is 2.88 bits per heavy atom. The molecule has 1 saturated heterocycles. The van der Waals surface area contributed by atoms with Crippen LogP contribution in [-0.4, -0.2) is 38.7 Å². The second-order valence-corrected chi connectivity index (χ2v) is 6.95. The van der Waals surface area contributed by atoms with Crippen molar-refractivity contribution in [3.63, 3.8) is 0 Å². The quantitative estimate of drug-likeness (QED) is 0.922. The van der Waals surface area contributed by atoms with Crippen LogP contribution in [0.2, 0.25) is 5.02 Å². The first-order chi connectivity index (χ1) is 11.5. The Labute approximate surface area is 144 Å². The molecule has 1 aliphatic carbocycles. The van der Waals surface area contributed by atoms with E-state index in [1.807, 2.05) is 24.3 Å². The maximum Gasteiger partial charge on any atom is 0.249 e. The van der Waals surface area contributed by atoms with Crippen LogP contribution >= 0.6 is 11.6 Å². The van der Waals surface area contributed by atoms with Crippen LogP contribution in [-0.2, 0) is 4.79 Å². The Morgan fingerprint density at radius 1 is 1.38 bits per heavy atom. The van der Waals surface area contributed by atoms with Crippen molar-refractivity contribution in [1.82, 2.24) is 15.0 Å². The van der Waals surface area contributed by atoms with Crippen LogP contribution in [0.1, 0.15) is 42.1 Å². The molecule has 2 heterocycles. The molecule has 2 aromatic rings. The number of β-amino-alcohol motifs (C(OH)–C–C–N with tert-alkyl or cyclic N) is 1. The first kappa shape index (κ1) is 15.6. The van der Waals surface area contributed by atoms with E-state index in [2.05, 4.69) is 10.1 Å². The van der Waals surface area contributed by atoms with Gasteiger partial charge in [0.05, 0.1) is 6.10 Å². The first-order valence-electron chi connectivity index (χ1n) is 8.07. The number of aromatic nitrogens is 2. The van der Waals surface area contributed by atoms with E-state index in [-0.39, 0.29) is 23.8 Å². The van der Waals surface area contributed by atoms with Gasteiger partial charge in [-0.1, -0.05) is 35.0 Å². The van der Waals surface area contributed by atoms with Gasteiger partial charge in [0.2, 0.25) is 11.8 Å².